The first-order valence-corrected chi connectivity index (χ1v) is 8.70. The first-order valence-electron chi connectivity index (χ1n) is 8.70. The van der Waals surface area contributed by atoms with Crippen LogP contribution in [0.15, 0.2) is 24.3 Å². The molecular weight excluding hydrogens is 314 g/mol. The second kappa shape index (κ2) is 7.53. The fourth-order valence-electron chi connectivity index (χ4n) is 3.66. The van der Waals surface area contributed by atoms with Gasteiger partial charge in [-0.15, -0.1) is 0 Å². The van der Waals surface area contributed by atoms with E-state index >= 15 is 0 Å². The minimum Gasteiger partial charge on any atom is -0.398 e. The van der Waals surface area contributed by atoms with Crippen LogP contribution in [0, 0.1) is 5.41 Å². The summed E-state index contributed by atoms with van der Waals surface area (Å²) in [5.41, 5.74) is 16.5. The molecule has 0 amide bonds. The van der Waals surface area contributed by atoms with Gasteiger partial charge in [0.25, 0.3) is 0 Å². The number of rotatable bonds is 6. The molecule has 1 aromatic heterocycles. The van der Waals surface area contributed by atoms with Gasteiger partial charge < -0.3 is 27.3 Å². The van der Waals surface area contributed by atoms with E-state index in [-0.39, 0.29) is 6.61 Å². The molecular formula is C19H25N5O. The van der Waals surface area contributed by atoms with Crippen LogP contribution in [0.25, 0.3) is 16.6 Å². The van der Waals surface area contributed by atoms with Crippen LogP contribution in [-0.4, -0.2) is 29.5 Å². The third-order valence-electron chi connectivity index (χ3n) is 4.83. The molecule has 7 N–H and O–H groups in total. The van der Waals surface area contributed by atoms with Gasteiger partial charge in [0.2, 0.25) is 0 Å². The molecule has 6 heteroatoms. The minimum absolute atomic E-state index is 0.0565. The molecule has 0 aliphatic heterocycles. The van der Waals surface area contributed by atoms with Crippen molar-refractivity contribution in [1.29, 1.82) is 5.41 Å². The summed E-state index contributed by atoms with van der Waals surface area (Å²) < 4.78 is 0. The van der Waals surface area contributed by atoms with Crippen molar-refractivity contribution >= 4 is 34.3 Å². The predicted octanol–water partition coefficient (Wildman–Crippen LogP) is 2.83. The fourth-order valence-corrected chi connectivity index (χ4v) is 3.66. The zero-order valence-electron chi connectivity index (χ0n) is 14.3. The molecule has 1 fully saturated rings. The van der Waals surface area contributed by atoms with Gasteiger partial charge in [-0.3, -0.25) is 0 Å². The Hall–Kier alpha value is -2.60. The van der Waals surface area contributed by atoms with E-state index in [1.807, 2.05) is 18.2 Å². The van der Waals surface area contributed by atoms with Gasteiger partial charge in [-0.1, -0.05) is 25.0 Å². The number of pyridine rings is 1. The number of hydrogen-bond acceptors (Lipinski definition) is 6. The van der Waals surface area contributed by atoms with Gasteiger partial charge in [0.1, 0.15) is 5.82 Å². The second-order valence-corrected chi connectivity index (χ2v) is 6.44. The number of aliphatic hydroxyl groups excluding tert-OH is 1. The summed E-state index contributed by atoms with van der Waals surface area (Å²) in [4.78, 5) is 4.63. The molecule has 1 saturated carbocycles. The minimum atomic E-state index is 0.0565. The first-order chi connectivity index (χ1) is 12.2. The van der Waals surface area contributed by atoms with E-state index in [2.05, 4.69) is 10.3 Å². The Kier molecular flexibility index (Phi) is 5.19. The van der Waals surface area contributed by atoms with Crippen molar-refractivity contribution in [2.75, 3.05) is 24.2 Å². The lowest BCUT2D eigenvalue weighted by Crippen LogP contribution is -2.12. The maximum absolute atomic E-state index is 9.25. The van der Waals surface area contributed by atoms with Crippen molar-refractivity contribution in [1.82, 2.24) is 4.98 Å². The number of nitrogen functional groups attached to an aromatic ring is 1. The highest BCUT2D eigenvalue weighted by molar-refractivity contribution is 5.97. The van der Waals surface area contributed by atoms with Crippen molar-refractivity contribution in [2.24, 2.45) is 5.73 Å². The molecule has 0 spiro atoms. The SMILES string of the molecule is N=C/C=C(\N)c1ccc2c(NCCO)c(C3CCCC3)c(N)nc2c1. The Bertz CT molecular complexity index is 809. The number of anilines is 2. The molecule has 25 heavy (non-hydrogen) atoms. The van der Waals surface area contributed by atoms with Crippen LogP contribution in [0.5, 0.6) is 0 Å². The molecule has 6 nitrogen and oxygen atoms in total. The zero-order chi connectivity index (χ0) is 17.8. The molecule has 0 radical (unpaired) electrons. The van der Waals surface area contributed by atoms with Gasteiger partial charge in [-0.05, 0) is 36.5 Å². The number of nitrogens with zero attached hydrogens (tertiary/aromatic N) is 1. The summed E-state index contributed by atoms with van der Waals surface area (Å²) in [6.07, 6.45) is 7.38. The largest absolute Gasteiger partial charge is 0.398 e. The number of aliphatic hydroxyl groups is 1. The summed E-state index contributed by atoms with van der Waals surface area (Å²) >= 11 is 0. The van der Waals surface area contributed by atoms with Crippen molar-refractivity contribution in [3.05, 3.63) is 35.4 Å². The number of hydrogen-bond donors (Lipinski definition) is 5. The molecule has 1 aliphatic rings. The van der Waals surface area contributed by atoms with Crippen LogP contribution in [0.2, 0.25) is 0 Å². The third kappa shape index (κ3) is 3.44. The molecule has 0 unspecified atom stereocenters. The topological polar surface area (TPSA) is 121 Å². The van der Waals surface area contributed by atoms with E-state index in [9.17, 15) is 5.11 Å². The molecule has 0 atom stereocenters. The lowest BCUT2D eigenvalue weighted by Gasteiger charge is -2.21. The van der Waals surface area contributed by atoms with Gasteiger partial charge in [-0.25, -0.2) is 4.98 Å². The number of allylic oxidation sites excluding steroid dienone is 1. The van der Waals surface area contributed by atoms with Gasteiger partial charge in [0.15, 0.2) is 0 Å². The van der Waals surface area contributed by atoms with E-state index in [1.165, 1.54) is 19.1 Å². The van der Waals surface area contributed by atoms with E-state index in [1.54, 1.807) is 6.08 Å². The Morgan fingerprint density at radius 3 is 2.80 bits per heavy atom. The van der Waals surface area contributed by atoms with Gasteiger partial charge in [0, 0.05) is 29.4 Å². The zero-order valence-corrected chi connectivity index (χ0v) is 14.3. The Morgan fingerprint density at radius 2 is 2.12 bits per heavy atom. The fraction of sp³-hybridized carbons (Fsp3) is 0.368. The number of benzene rings is 1. The first kappa shape index (κ1) is 17.2. The summed E-state index contributed by atoms with van der Waals surface area (Å²) in [6, 6.07) is 5.81. The monoisotopic (exact) mass is 339 g/mol. The Labute approximate surface area is 147 Å². The van der Waals surface area contributed by atoms with E-state index < -0.39 is 0 Å². The summed E-state index contributed by atoms with van der Waals surface area (Å²) in [5.74, 6) is 0.965. The van der Waals surface area contributed by atoms with Crippen LogP contribution in [0.1, 0.15) is 42.7 Å². The molecule has 0 bridgehead atoms. The van der Waals surface area contributed by atoms with Crippen LogP contribution in [0.4, 0.5) is 11.5 Å². The highest BCUT2D eigenvalue weighted by Crippen LogP contribution is 2.43. The number of aromatic nitrogens is 1. The normalized spacial score (nSPS) is 15.6. The van der Waals surface area contributed by atoms with Crippen LogP contribution >= 0.6 is 0 Å². The smallest absolute Gasteiger partial charge is 0.129 e. The lowest BCUT2D eigenvalue weighted by atomic mass is 9.93. The van der Waals surface area contributed by atoms with Crippen molar-refractivity contribution in [3.8, 4) is 0 Å². The van der Waals surface area contributed by atoms with Crippen LogP contribution in [0.3, 0.4) is 0 Å². The lowest BCUT2D eigenvalue weighted by molar-refractivity contribution is 0.311. The molecule has 3 rings (SSSR count). The van der Waals surface area contributed by atoms with Crippen LogP contribution in [-0.2, 0) is 0 Å². The van der Waals surface area contributed by atoms with Crippen molar-refractivity contribution < 1.29 is 5.11 Å². The standard InChI is InChI=1S/C19H25N5O/c20-8-7-15(21)13-5-6-14-16(11-13)24-19(22)17(12-3-1-2-4-12)18(14)23-9-10-25/h5-8,11-12,20,25H,1-4,9-10,21H2,(H3,22,23,24)/b15-7-,20-8?. The highest BCUT2D eigenvalue weighted by atomic mass is 16.3. The molecule has 132 valence electrons. The quantitative estimate of drug-likeness (QED) is 0.518. The second-order valence-electron chi connectivity index (χ2n) is 6.44. The average molecular weight is 339 g/mol. The van der Waals surface area contributed by atoms with Gasteiger partial charge in [0.05, 0.1) is 17.8 Å². The number of nitrogens with one attached hydrogen (secondary N) is 2. The molecule has 2 aromatic rings. The number of nitrogens with two attached hydrogens (primary N) is 2. The molecule has 1 aliphatic carbocycles. The van der Waals surface area contributed by atoms with Gasteiger partial charge >= 0.3 is 0 Å². The maximum Gasteiger partial charge on any atom is 0.129 e. The van der Waals surface area contributed by atoms with E-state index in [4.69, 9.17) is 16.9 Å². The highest BCUT2D eigenvalue weighted by Gasteiger charge is 2.25. The predicted molar refractivity (Wildman–Crippen MR) is 104 cm³/mol. The Morgan fingerprint density at radius 1 is 1.36 bits per heavy atom. The molecule has 1 aromatic carbocycles. The number of fused-ring (bicyclic) bond motifs is 1. The van der Waals surface area contributed by atoms with E-state index in [0.29, 0.717) is 24.0 Å². The summed E-state index contributed by atoms with van der Waals surface area (Å²) in [6.45, 7) is 0.525. The average Bonchev–Trinajstić information content (AvgIpc) is 3.13. The van der Waals surface area contributed by atoms with Gasteiger partial charge in [-0.2, -0.15) is 0 Å². The third-order valence-corrected chi connectivity index (χ3v) is 4.83. The summed E-state index contributed by atoms with van der Waals surface area (Å²) in [7, 11) is 0. The summed E-state index contributed by atoms with van der Waals surface area (Å²) in [5, 5.41) is 20.7. The van der Waals surface area contributed by atoms with E-state index in [0.717, 1.165) is 40.6 Å². The Balaban J connectivity index is 2.16. The van der Waals surface area contributed by atoms with Crippen molar-refractivity contribution in [2.45, 2.75) is 31.6 Å². The maximum atomic E-state index is 9.25. The molecule has 0 saturated heterocycles. The molecule has 1 heterocycles. The van der Waals surface area contributed by atoms with Crippen molar-refractivity contribution in [3.63, 3.8) is 0 Å². The van der Waals surface area contributed by atoms with Crippen LogP contribution < -0.4 is 16.8 Å².